The lowest BCUT2D eigenvalue weighted by Crippen LogP contribution is -2.45. The van der Waals surface area contributed by atoms with Crippen molar-refractivity contribution >= 4 is 29.2 Å². The van der Waals surface area contributed by atoms with Crippen LogP contribution >= 0.6 is 11.6 Å². The average Bonchev–Trinajstić information content (AvgIpc) is 2.97. The fourth-order valence-corrected chi connectivity index (χ4v) is 2.95. The molecule has 0 unspecified atom stereocenters. The van der Waals surface area contributed by atoms with Crippen molar-refractivity contribution in [1.82, 2.24) is 20.1 Å². The van der Waals surface area contributed by atoms with Gasteiger partial charge in [0.25, 0.3) is 0 Å². The van der Waals surface area contributed by atoms with Crippen molar-refractivity contribution in [3.05, 3.63) is 40.8 Å². The van der Waals surface area contributed by atoms with Gasteiger partial charge < -0.3 is 16.4 Å². The van der Waals surface area contributed by atoms with Crippen LogP contribution in [0.4, 0.5) is 5.82 Å². The lowest BCUT2D eigenvalue weighted by molar-refractivity contribution is -0.123. The molecule has 2 aromatic rings. The van der Waals surface area contributed by atoms with Gasteiger partial charge in [-0.25, -0.2) is 4.98 Å². The van der Waals surface area contributed by atoms with Crippen molar-refractivity contribution in [2.75, 3.05) is 5.32 Å². The average molecular weight is 349 g/mol. The van der Waals surface area contributed by atoms with Crippen molar-refractivity contribution in [3.8, 4) is 0 Å². The number of hydrogen-bond donors (Lipinski definition) is 3. The maximum absolute atomic E-state index is 11.8. The van der Waals surface area contributed by atoms with Gasteiger partial charge >= 0.3 is 0 Å². The first kappa shape index (κ1) is 16.3. The Morgan fingerprint density at radius 3 is 2.92 bits per heavy atom. The van der Waals surface area contributed by atoms with Gasteiger partial charge in [0, 0.05) is 31.4 Å². The number of amides is 2. The van der Waals surface area contributed by atoms with Crippen LogP contribution in [0, 0.1) is 0 Å². The fraction of sp³-hybridized carbons (Fsp3) is 0.333. The molecule has 4 N–H and O–H groups in total. The molecular weight excluding hydrogens is 332 g/mol. The van der Waals surface area contributed by atoms with Crippen LogP contribution in [0.2, 0.25) is 5.02 Å². The lowest BCUT2D eigenvalue weighted by atomic mass is 9.93. The normalized spacial score (nSPS) is 20.5. The predicted molar refractivity (Wildman–Crippen MR) is 88.5 cm³/mol. The number of hydrogen-bond acceptors (Lipinski definition) is 5. The molecule has 2 aromatic heterocycles. The number of primary amides is 1. The predicted octanol–water partition coefficient (Wildman–Crippen LogP) is 0.999. The number of halogens is 1. The fourth-order valence-electron chi connectivity index (χ4n) is 2.73. The second-order valence-electron chi connectivity index (χ2n) is 5.70. The third kappa shape index (κ3) is 3.33. The first-order valence-corrected chi connectivity index (χ1v) is 7.81. The number of rotatable bonds is 4. The Balaban J connectivity index is 1.84. The maximum Gasteiger partial charge on any atom is 0.250 e. The van der Waals surface area contributed by atoms with Gasteiger partial charge in [0.2, 0.25) is 11.8 Å². The second kappa shape index (κ2) is 6.48. The van der Waals surface area contributed by atoms with Crippen molar-refractivity contribution in [2.45, 2.75) is 24.9 Å². The highest BCUT2D eigenvalue weighted by molar-refractivity contribution is 6.33. The summed E-state index contributed by atoms with van der Waals surface area (Å²) in [4.78, 5) is 27.1. The highest BCUT2D eigenvalue weighted by Gasteiger charge is 2.31. The minimum atomic E-state index is -0.589. The molecule has 9 heteroatoms. The van der Waals surface area contributed by atoms with Gasteiger partial charge in [-0.15, -0.1) is 0 Å². The molecule has 0 aliphatic carbocycles. The van der Waals surface area contributed by atoms with Gasteiger partial charge in [-0.3, -0.25) is 14.3 Å². The molecule has 1 saturated heterocycles. The van der Waals surface area contributed by atoms with E-state index < -0.39 is 5.91 Å². The van der Waals surface area contributed by atoms with E-state index in [0.717, 1.165) is 5.56 Å². The summed E-state index contributed by atoms with van der Waals surface area (Å²) in [6.07, 6.45) is 5.98. The standard InChI is InChI=1S/C15H17ClN6O2/c1-22-7-9(6-19-22)13-11(2-3-12(23)21-13)20-15-10(16)4-8(5-18-15)14(17)24/h4-7,11,13H,2-3H2,1H3,(H2,17,24)(H,18,20)(H,21,23)/t11-,13+/m1/s1. The van der Waals surface area contributed by atoms with Crippen molar-refractivity contribution in [3.63, 3.8) is 0 Å². The minimum Gasteiger partial charge on any atom is -0.366 e. The summed E-state index contributed by atoms with van der Waals surface area (Å²) >= 11 is 6.18. The number of nitrogens with zero attached hydrogens (tertiary/aromatic N) is 3. The van der Waals surface area contributed by atoms with Crippen LogP contribution in [-0.2, 0) is 11.8 Å². The zero-order valence-corrected chi connectivity index (χ0v) is 13.7. The van der Waals surface area contributed by atoms with E-state index in [2.05, 4.69) is 20.7 Å². The Labute approximate surface area is 143 Å². The summed E-state index contributed by atoms with van der Waals surface area (Å²) in [6.45, 7) is 0. The molecule has 0 radical (unpaired) electrons. The van der Waals surface area contributed by atoms with E-state index in [9.17, 15) is 9.59 Å². The number of anilines is 1. The number of aromatic nitrogens is 3. The molecule has 0 saturated carbocycles. The molecule has 1 aliphatic rings. The Bertz CT molecular complexity index is 790. The number of pyridine rings is 1. The monoisotopic (exact) mass is 348 g/mol. The first-order valence-electron chi connectivity index (χ1n) is 7.44. The van der Waals surface area contributed by atoms with E-state index in [1.165, 1.54) is 12.3 Å². The van der Waals surface area contributed by atoms with E-state index >= 15 is 0 Å². The molecule has 1 aliphatic heterocycles. The van der Waals surface area contributed by atoms with Gasteiger partial charge in [0.1, 0.15) is 5.82 Å². The van der Waals surface area contributed by atoms with Gasteiger partial charge in [-0.05, 0) is 12.5 Å². The molecule has 0 bridgehead atoms. The van der Waals surface area contributed by atoms with E-state index in [-0.39, 0.29) is 23.6 Å². The molecule has 0 spiro atoms. The van der Waals surface area contributed by atoms with Gasteiger partial charge in [0.15, 0.2) is 0 Å². The highest BCUT2D eigenvalue weighted by atomic mass is 35.5. The molecule has 1 fully saturated rings. The summed E-state index contributed by atoms with van der Waals surface area (Å²) in [5.41, 5.74) is 6.36. The molecule has 24 heavy (non-hydrogen) atoms. The minimum absolute atomic E-state index is 0.00923. The third-order valence-corrected chi connectivity index (χ3v) is 4.22. The van der Waals surface area contributed by atoms with E-state index in [0.29, 0.717) is 23.7 Å². The summed E-state index contributed by atoms with van der Waals surface area (Å²) in [5.74, 6) is -0.157. The largest absolute Gasteiger partial charge is 0.366 e. The Kier molecular flexibility index (Phi) is 4.39. The first-order chi connectivity index (χ1) is 11.4. The van der Waals surface area contributed by atoms with E-state index in [4.69, 9.17) is 17.3 Å². The number of nitrogens with two attached hydrogens (primary N) is 1. The van der Waals surface area contributed by atoms with Gasteiger partial charge in [0.05, 0.1) is 28.9 Å². The second-order valence-corrected chi connectivity index (χ2v) is 6.11. The number of aryl methyl sites for hydroxylation is 1. The molecule has 8 nitrogen and oxygen atoms in total. The Morgan fingerprint density at radius 2 is 2.29 bits per heavy atom. The summed E-state index contributed by atoms with van der Waals surface area (Å²) in [6, 6.07) is 1.13. The van der Waals surface area contributed by atoms with Crippen LogP contribution in [0.25, 0.3) is 0 Å². The summed E-state index contributed by atoms with van der Waals surface area (Å²) < 4.78 is 1.68. The summed E-state index contributed by atoms with van der Waals surface area (Å²) in [5, 5.41) is 10.7. The third-order valence-electron chi connectivity index (χ3n) is 3.93. The van der Waals surface area contributed by atoms with Crippen LogP contribution in [0.1, 0.15) is 34.8 Å². The number of carbonyl (C=O) groups excluding carboxylic acids is 2. The molecule has 3 rings (SSSR count). The quantitative estimate of drug-likeness (QED) is 0.762. The molecule has 0 aromatic carbocycles. The van der Waals surface area contributed by atoms with Gasteiger partial charge in [-0.1, -0.05) is 11.6 Å². The zero-order chi connectivity index (χ0) is 17.3. The van der Waals surface area contributed by atoms with Crippen LogP contribution in [0.5, 0.6) is 0 Å². The number of piperidine rings is 1. The van der Waals surface area contributed by atoms with Crippen molar-refractivity contribution in [2.24, 2.45) is 12.8 Å². The Morgan fingerprint density at radius 1 is 1.50 bits per heavy atom. The SMILES string of the molecule is Cn1cc([C@@H]2NC(=O)CC[C@H]2Nc2ncc(C(N)=O)cc2Cl)cn1. The smallest absolute Gasteiger partial charge is 0.250 e. The van der Waals surface area contributed by atoms with Crippen LogP contribution < -0.4 is 16.4 Å². The summed E-state index contributed by atoms with van der Waals surface area (Å²) in [7, 11) is 1.82. The van der Waals surface area contributed by atoms with E-state index in [1.807, 2.05) is 13.2 Å². The van der Waals surface area contributed by atoms with Gasteiger partial charge in [-0.2, -0.15) is 5.10 Å². The maximum atomic E-state index is 11.8. The number of nitrogens with one attached hydrogen (secondary N) is 2. The van der Waals surface area contributed by atoms with Crippen LogP contribution in [0.15, 0.2) is 24.7 Å². The topological polar surface area (TPSA) is 115 Å². The molecule has 2 atom stereocenters. The molecule has 2 amide bonds. The van der Waals surface area contributed by atoms with Crippen LogP contribution in [-0.4, -0.2) is 32.6 Å². The molecule has 3 heterocycles. The highest BCUT2D eigenvalue weighted by Crippen LogP contribution is 2.29. The number of carbonyl (C=O) groups is 2. The van der Waals surface area contributed by atoms with Crippen molar-refractivity contribution < 1.29 is 9.59 Å². The van der Waals surface area contributed by atoms with Crippen LogP contribution in [0.3, 0.4) is 0 Å². The molecular formula is C15H17ClN6O2. The van der Waals surface area contributed by atoms with E-state index in [1.54, 1.807) is 10.9 Å². The molecule has 126 valence electrons. The zero-order valence-electron chi connectivity index (χ0n) is 13.0. The lowest BCUT2D eigenvalue weighted by Gasteiger charge is -2.32. The Hall–Kier alpha value is -2.61. The van der Waals surface area contributed by atoms with Crippen molar-refractivity contribution in [1.29, 1.82) is 0 Å².